The van der Waals surface area contributed by atoms with E-state index in [-0.39, 0.29) is 17.0 Å². The third-order valence-corrected chi connectivity index (χ3v) is 5.14. The molecule has 0 N–H and O–H groups in total. The van der Waals surface area contributed by atoms with Gasteiger partial charge in [0.1, 0.15) is 17.1 Å². The summed E-state index contributed by atoms with van der Waals surface area (Å²) in [5.74, 6) is 1.55. The second kappa shape index (κ2) is 5.20. The average molecular weight is 322 g/mol. The summed E-state index contributed by atoms with van der Waals surface area (Å²) in [5.41, 5.74) is 0.122. The molecule has 0 saturated carbocycles. The van der Waals surface area contributed by atoms with E-state index in [9.17, 15) is 9.59 Å². The van der Waals surface area contributed by atoms with E-state index < -0.39 is 5.60 Å². The minimum Gasteiger partial charge on any atom is -0.497 e. The van der Waals surface area contributed by atoms with Crippen molar-refractivity contribution in [3.63, 3.8) is 0 Å². The lowest BCUT2D eigenvalue weighted by atomic mass is 9.68. The highest BCUT2D eigenvalue weighted by Gasteiger charge is 2.54. The summed E-state index contributed by atoms with van der Waals surface area (Å²) in [7, 11) is 1.64. The molecule has 0 bridgehead atoms. The quantitative estimate of drug-likeness (QED) is 0.840. The van der Waals surface area contributed by atoms with E-state index in [1.165, 1.54) is 0 Å². The highest BCUT2D eigenvalue weighted by molar-refractivity contribution is 6.00. The van der Waals surface area contributed by atoms with E-state index >= 15 is 0 Å². The predicted molar refractivity (Wildman–Crippen MR) is 88.7 cm³/mol. The van der Waals surface area contributed by atoms with Crippen LogP contribution in [0.4, 0.5) is 0 Å². The fraction of sp³-hybridized carbons (Fsp3) is 0.300. The van der Waals surface area contributed by atoms with Crippen LogP contribution in [0.5, 0.6) is 5.75 Å². The van der Waals surface area contributed by atoms with Gasteiger partial charge in [0.2, 0.25) is 0 Å². The van der Waals surface area contributed by atoms with Crippen molar-refractivity contribution < 1.29 is 19.1 Å². The lowest BCUT2D eigenvalue weighted by Crippen LogP contribution is -2.32. The molecule has 0 radical (unpaired) electrons. The summed E-state index contributed by atoms with van der Waals surface area (Å²) in [6.07, 6.45) is 10.2. The first-order valence-corrected chi connectivity index (χ1v) is 8.06. The third-order valence-electron chi connectivity index (χ3n) is 5.14. The molecule has 4 rings (SSSR count). The lowest BCUT2D eigenvalue weighted by molar-refractivity contribution is -0.115. The number of carbonyl (C=O) groups is 2. The SMILES string of the molecule is COc1ccc(C23CCC(=O)C=C2OC2(C=CC(=O)C=C2)C3)cc1. The van der Waals surface area contributed by atoms with E-state index in [0.717, 1.165) is 11.3 Å². The first-order valence-electron chi connectivity index (χ1n) is 8.06. The van der Waals surface area contributed by atoms with Gasteiger partial charge in [-0.1, -0.05) is 12.1 Å². The maximum atomic E-state index is 11.9. The van der Waals surface area contributed by atoms with Crippen LogP contribution in [-0.2, 0) is 19.7 Å². The molecule has 2 aliphatic carbocycles. The van der Waals surface area contributed by atoms with Crippen LogP contribution in [0.25, 0.3) is 0 Å². The number of benzene rings is 1. The molecule has 1 atom stereocenters. The molecule has 122 valence electrons. The Labute approximate surface area is 140 Å². The molecule has 1 saturated heterocycles. The van der Waals surface area contributed by atoms with Crippen molar-refractivity contribution in [3.8, 4) is 5.75 Å². The Morgan fingerprint density at radius 3 is 2.46 bits per heavy atom. The van der Waals surface area contributed by atoms with Crippen molar-refractivity contribution in [3.05, 3.63) is 66.0 Å². The van der Waals surface area contributed by atoms with Gasteiger partial charge < -0.3 is 9.47 Å². The molecule has 3 aliphatic rings. The smallest absolute Gasteiger partial charge is 0.178 e. The number of hydrogen-bond acceptors (Lipinski definition) is 4. The zero-order valence-electron chi connectivity index (χ0n) is 13.5. The molecular weight excluding hydrogens is 304 g/mol. The number of rotatable bonds is 2. The number of methoxy groups -OCH3 is 1. The molecule has 1 aromatic rings. The Bertz CT molecular complexity index is 781. The number of carbonyl (C=O) groups excluding carboxylic acids is 2. The zero-order valence-corrected chi connectivity index (χ0v) is 13.5. The fourth-order valence-electron chi connectivity index (χ4n) is 3.87. The van der Waals surface area contributed by atoms with Crippen LogP contribution < -0.4 is 4.74 Å². The monoisotopic (exact) mass is 322 g/mol. The van der Waals surface area contributed by atoms with Crippen LogP contribution in [-0.4, -0.2) is 24.3 Å². The molecule has 1 fully saturated rings. The van der Waals surface area contributed by atoms with E-state index in [4.69, 9.17) is 9.47 Å². The number of allylic oxidation sites excluding steroid dienone is 4. The minimum atomic E-state index is -0.649. The van der Waals surface area contributed by atoms with Gasteiger partial charge in [0, 0.05) is 18.9 Å². The lowest BCUT2D eigenvalue weighted by Gasteiger charge is -2.31. The Morgan fingerprint density at radius 1 is 1.08 bits per heavy atom. The minimum absolute atomic E-state index is 0.0392. The first kappa shape index (κ1) is 14.9. The second-order valence-corrected chi connectivity index (χ2v) is 6.59. The number of ketones is 2. The van der Waals surface area contributed by atoms with Gasteiger partial charge in [0.25, 0.3) is 0 Å². The third kappa shape index (κ3) is 2.21. The van der Waals surface area contributed by atoms with Crippen molar-refractivity contribution in [2.45, 2.75) is 30.3 Å². The van der Waals surface area contributed by atoms with Gasteiger partial charge >= 0.3 is 0 Å². The molecule has 24 heavy (non-hydrogen) atoms. The highest BCUT2D eigenvalue weighted by atomic mass is 16.5. The molecule has 1 aliphatic heterocycles. The van der Waals surface area contributed by atoms with Gasteiger partial charge in [0.15, 0.2) is 11.6 Å². The summed E-state index contributed by atoms with van der Waals surface area (Å²) in [6, 6.07) is 7.93. The van der Waals surface area contributed by atoms with Crippen LogP contribution >= 0.6 is 0 Å². The normalized spacial score (nSPS) is 27.0. The van der Waals surface area contributed by atoms with E-state index in [2.05, 4.69) is 0 Å². The van der Waals surface area contributed by atoms with Gasteiger partial charge in [-0.05, 0) is 48.4 Å². The number of hydrogen-bond donors (Lipinski definition) is 0. The topological polar surface area (TPSA) is 52.6 Å². The molecule has 1 unspecified atom stereocenters. The van der Waals surface area contributed by atoms with E-state index in [0.29, 0.717) is 25.0 Å². The van der Waals surface area contributed by atoms with Crippen LogP contribution in [0.1, 0.15) is 24.8 Å². The van der Waals surface area contributed by atoms with Crippen LogP contribution in [0.3, 0.4) is 0 Å². The average Bonchev–Trinajstić information content (AvgIpc) is 2.92. The van der Waals surface area contributed by atoms with E-state index in [1.54, 1.807) is 25.3 Å². The summed E-state index contributed by atoms with van der Waals surface area (Å²) in [5, 5.41) is 0. The fourth-order valence-corrected chi connectivity index (χ4v) is 3.87. The van der Waals surface area contributed by atoms with E-state index in [1.807, 2.05) is 36.4 Å². The van der Waals surface area contributed by atoms with Gasteiger partial charge in [-0.3, -0.25) is 9.59 Å². The Kier molecular flexibility index (Phi) is 3.23. The van der Waals surface area contributed by atoms with Crippen molar-refractivity contribution in [1.29, 1.82) is 0 Å². The number of fused-ring (bicyclic) bond motifs is 1. The molecule has 4 nitrogen and oxygen atoms in total. The summed E-state index contributed by atoms with van der Waals surface area (Å²) in [4.78, 5) is 23.4. The largest absolute Gasteiger partial charge is 0.497 e. The molecule has 4 heteroatoms. The molecule has 1 heterocycles. The van der Waals surface area contributed by atoms with Crippen LogP contribution in [0.15, 0.2) is 60.4 Å². The molecule has 0 amide bonds. The summed E-state index contributed by atoms with van der Waals surface area (Å²) in [6.45, 7) is 0. The Hall–Kier alpha value is -2.62. The summed E-state index contributed by atoms with van der Waals surface area (Å²) >= 11 is 0. The highest BCUT2D eigenvalue weighted by Crippen LogP contribution is 2.55. The van der Waals surface area contributed by atoms with Gasteiger partial charge in [0.05, 0.1) is 12.5 Å². The maximum Gasteiger partial charge on any atom is 0.178 e. The molecule has 1 aromatic carbocycles. The second-order valence-electron chi connectivity index (χ2n) is 6.59. The van der Waals surface area contributed by atoms with Crippen molar-refractivity contribution >= 4 is 11.6 Å². The van der Waals surface area contributed by atoms with Crippen molar-refractivity contribution in [2.75, 3.05) is 7.11 Å². The molecule has 1 spiro atoms. The first-order chi connectivity index (χ1) is 11.6. The Balaban J connectivity index is 1.80. The predicted octanol–water partition coefficient (Wildman–Crippen LogP) is 3.03. The molecule has 0 aromatic heterocycles. The van der Waals surface area contributed by atoms with Crippen molar-refractivity contribution in [2.24, 2.45) is 0 Å². The number of ether oxygens (including phenoxy) is 2. The molecular formula is C20H18O4. The standard InChI is InChI=1S/C20H18O4/c1-23-17-4-2-14(3-5-17)20-11-8-16(22)12-18(20)24-19(13-20)9-6-15(21)7-10-19/h2-7,9-10,12H,8,11,13H2,1H3. The summed E-state index contributed by atoms with van der Waals surface area (Å²) < 4.78 is 11.5. The van der Waals surface area contributed by atoms with Crippen molar-refractivity contribution in [1.82, 2.24) is 0 Å². The van der Waals surface area contributed by atoms with Gasteiger partial charge in [-0.25, -0.2) is 0 Å². The zero-order chi connectivity index (χ0) is 16.8. The van der Waals surface area contributed by atoms with Crippen LogP contribution in [0.2, 0.25) is 0 Å². The Morgan fingerprint density at radius 2 is 1.79 bits per heavy atom. The van der Waals surface area contributed by atoms with Gasteiger partial charge in [-0.2, -0.15) is 0 Å². The van der Waals surface area contributed by atoms with Crippen LogP contribution in [0, 0.1) is 0 Å². The van der Waals surface area contributed by atoms with Gasteiger partial charge in [-0.15, -0.1) is 0 Å². The maximum absolute atomic E-state index is 11.9.